The van der Waals surface area contributed by atoms with Gasteiger partial charge >= 0.3 is 6.09 Å². The van der Waals surface area contributed by atoms with Crippen LogP contribution >= 0.6 is 23.3 Å². The van der Waals surface area contributed by atoms with E-state index in [9.17, 15) is 9.90 Å². The number of nitrogens with zero attached hydrogens (tertiary/aromatic N) is 2. The molecule has 3 aliphatic rings. The molecule has 250 valence electrons. The van der Waals surface area contributed by atoms with Gasteiger partial charge in [0.05, 0.1) is 35.6 Å². The average molecular weight is 669 g/mol. The zero-order valence-electron chi connectivity index (χ0n) is 27.3. The molecule has 3 aromatic rings. The van der Waals surface area contributed by atoms with Crippen LogP contribution in [0.3, 0.4) is 0 Å². The van der Waals surface area contributed by atoms with Crippen molar-refractivity contribution in [1.82, 2.24) is 14.6 Å². The molecular weight excluding hydrogens is 621 g/mol. The third-order valence-electron chi connectivity index (χ3n) is 8.99. The highest BCUT2D eigenvalue weighted by atomic mass is 32.2. The van der Waals surface area contributed by atoms with Crippen LogP contribution in [0.5, 0.6) is 0 Å². The van der Waals surface area contributed by atoms with E-state index < -0.39 is 18.2 Å². The quantitative estimate of drug-likeness (QED) is 0.165. The van der Waals surface area contributed by atoms with E-state index >= 15 is 0 Å². The molecule has 0 spiro atoms. The fraction of sp³-hybridized carbons (Fsp3) is 0.600. The van der Waals surface area contributed by atoms with Gasteiger partial charge in [-0.1, -0.05) is 62.4 Å². The number of carbonyl (C=O) groups excluding carboxylic acids is 1. The molecule has 3 N–H and O–H groups in total. The summed E-state index contributed by atoms with van der Waals surface area (Å²) < 4.78 is 21.1. The molecular formula is C35H48N4O5S2. The summed E-state index contributed by atoms with van der Waals surface area (Å²) in [6, 6.07) is 16.3. The predicted molar refractivity (Wildman–Crippen MR) is 184 cm³/mol. The fourth-order valence-corrected chi connectivity index (χ4v) is 8.70. The SMILES string of the molecule is CC(C)CN(CC(O)C(Cc1ccccc1)NC(=O)OC(C)C1COC2OCC(C)CC21)Sc1ccc2nc(NC3CC3)sc2c1. The molecule has 3 heterocycles. The van der Waals surface area contributed by atoms with Crippen molar-refractivity contribution in [3.05, 3.63) is 54.1 Å². The lowest BCUT2D eigenvalue weighted by molar-refractivity contribution is -0.165. The number of alkyl carbamates (subject to hydrolysis) is 1. The monoisotopic (exact) mass is 668 g/mol. The van der Waals surface area contributed by atoms with Crippen LogP contribution in [0.25, 0.3) is 10.2 Å². The Bertz CT molecular complexity index is 1440. The Kier molecular flexibility index (Phi) is 11.1. The van der Waals surface area contributed by atoms with Crippen LogP contribution in [-0.2, 0) is 20.6 Å². The molecule has 2 aromatic carbocycles. The maximum Gasteiger partial charge on any atom is 0.407 e. The van der Waals surface area contributed by atoms with Crippen molar-refractivity contribution in [2.45, 2.75) is 88.9 Å². The lowest BCUT2D eigenvalue weighted by Crippen LogP contribution is -2.50. The molecule has 3 fully saturated rings. The Balaban J connectivity index is 1.12. The maximum absolute atomic E-state index is 13.3. The minimum Gasteiger partial charge on any atom is -0.446 e. The van der Waals surface area contributed by atoms with Crippen molar-refractivity contribution in [2.75, 3.05) is 31.6 Å². The van der Waals surface area contributed by atoms with Gasteiger partial charge in [-0.25, -0.2) is 14.1 Å². The van der Waals surface area contributed by atoms with Gasteiger partial charge in [0.25, 0.3) is 0 Å². The van der Waals surface area contributed by atoms with Crippen molar-refractivity contribution in [2.24, 2.45) is 23.7 Å². The molecule has 7 atom stereocenters. The van der Waals surface area contributed by atoms with E-state index in [1.54, 1.807) is 23.3 Å². The largest absolute Gasteiger partial charge is 0.446 e. The van der Waals surface area contributed by atoms with Gasteiger partial charge in [0.15, 0.2) is 11.4 Å². The van der Waals surface area contributed by atoms with Crippen molar-refractivity contribution in [3.63, 3.8) is 0 Å². The van der Waals surface area contributed by atoms with Crippen LogP contribution in [0, 0.1) is 23.7 Å². The molecule has 46 heavy (non-hydrogen) atoms. The molecule has 1 amide bonds. The number of benzene rings is 2. The highest BCUT2D eigenvalue weighted by Gasteiger charge is 2.45. The smallest absolute Gasteiger partial charge is 0.407 e. The third kappa shape index (κ3) is 8.93. The Hall–Kier alpha value is -2.41. The third-order valence-corrected chi connectivity index (χ3v) is 11.0. The van der Waals surface area contributed by atoms with Crippen molar-refractivity contribution >= 4 is 44.7 Å². The number of carbonyl (C=O) groups is 1. The molecule has 2 saturated heterocycles. The number of anilines is 1. The molecule has 0 radical (unpaired) electrons. The number of hydrogen-bond acceptors (Lipinski definition) is 10. The first-order chi connectivity index (χ1) is 22.2. The van der Waals surface area contributed by atoms with Crippen molar-refractivity contribution in [3.8, 4) is 0 Å². The first-order valence-electron chi connectivity index (χ1n) is 16.7. The van der Waals surface area contributed by atoms with E-state index in [0.717, 1.165) is 38.8 Å². The van der Waals surface area contributed by atoms with E-state index in [1.807, 2.05) is 37.3 Å². The molecule has 1 saturated carbocycles. The number of aromatic nitrogens is 1. The van der Waals surface area contributed by atoms with Gasteiger partial charge in [-0.05, 0) is 80.2 Å². The molecule has 2 aliphatic heterocycles. The van der Waals surface area contributed by atoms with Gasteiger partial charge in [-0.15, -0.1) is 0 Å². The van der Waals surface area contributed by atoms with Crippen LogP contribution in [0.4, 0.5) is 9.93 Å². The minimum absolute atomic E-state index is 0.0744. The second-order valence-electron chi connectivity index (χ2n) is 13.7. The summed E-state index contributed by atoms with van der Waals surface area (Å²) in [5.74, 6) is 1.13. The zero-order chi connectivity index (χ0) is 32.2. The summed E-state index contributed by atoms with van der Waals surface area (Å²) in [5.41, 5.74) is 2.03. The van der Waals surface area contributed by atoms with E-state index in [2.05, 4.69) is 53.9 Å². The highest BCUT2D eigenvalue weighted by molar-refractivity contribution is 7.97. The Labute approximate surface area is 280 Å². The van der Waals surface area contributed by atoms with Crippen LogP contribution < -0.4 is 10.6 Å². The van der Waals surface area contributed by atoms with Crippen LogP contribution in [0.1, 0.15) is 52.5 Å². The number of aliphatic hydroxyl groups is 1. The normalized spacial score (nSPS) is 24.9. The second-order valence-corrected chi connectivity index (χ2v) is 15.9. The van der Waals surface area contributed by atoms with Gasteiger partial charge in [0.2, 0.25) is 0 Å². The molecule has 1 aliphatic carbocycles. The summed E-state index contributed by atoms with van der Waals surface area (Å²) >= 11 is 3.33. The van der Waals surface area contributed by atoms with Crippen molar-refractivity contribution < 1.29 is 24.1 Å². The summed E-state index contributed by atoms with van der Waals surface area (Å²) in [6.45, 7) is 10.8. The molecule has 1 aromatic heterocycles. The molecule has 9 nitrogen and oxygen atoms in total. The average Bonchev–Trinajstić information content (AvgIpc) is 3.58. The van der Waals surface area contributed by atoms with Gasteiger partial charge in [0, 0.05) is 35.9 Å². The van der Waals surface area contributed by atoms with Crippen LogP contribution in [0.2, 0.25) is 0 Å². The standard InChI is InChI=1S/C35H48N4O5S2/c1-21(2)17-39(46-26-12-13-29-32(16-26)45-34(37-29)36-25-10-11-25)18-31(40)30(15-24-8-6-5-7-9-24)38-35(41)44-23(4)28-20-43-33-27(28)14-22(3)19-42-33/h5-9,12-13,16,21-23,25,27-28,30-31,33,40H,10-11,14-15,17-20H2,1-4H3,(H,36,37)(H,38,41). The van der Waals surface area contributed by atoms with E-state index in [0.29, 0.717) is 44.1 Å². The van der Waals surface area contributed by atoms with Crippen LogP contribution in [-0.4, -0.2) is 77.4 Å². The Morgan fingerprint density at radius 2 is 1.91 bits per heavy atom. The van der Waals surface area contributed by atoms with Gasteiger partial charge < -0.3 is 30.0 Å². The minimum atomic E-state index is -0.831. The number of aliphatic hydroxyl groups excluding tert-OH is 1. The van der Waals surface area contributed by atoms with Gasteiger partial charge in [-0.2, -0.15) is 0 Å². The Morgan fingerprint density at radius 1 is 1.13 bits per heavy atom. The highest BCUT2D eigenvalue weighted by Crippen LogP contribution is 2.39. The molecule has 7 unspecified atom stereocenters. The zero-order valence-corrected chi connectivity index (χ0v) is 28.9. The van der Waals surface area contributed by atoms with Gasteiger partial charge in [-0.3, -0.25) is 0 Å². The summed E-state index contributed by atoms with van der Waals surface area (Å²) in [7, 11) is 0. The number of thiazole rings is 1. The summed E-state index contributed by atoms with van der Waals surface area (Å²) in [6.07, 6.45) is 2.00. The van der Waals surface area contributed by atoms with Crippen LogP contribution in [0.15, 0.2) is 53.4 Å². The number of hydrogen-bond donors (Lipinski definition) is 3. The summed E-state index contributed by atoms with van der Waals surface area (Å²) in [5, 5.41) is 19.2. The maximum atomic E-state index is 13.3. The fourth-order valence-electron chi connectivity index (χ4n) is 6.45. The number of rotatable bonds is 14. The lowest BCUT2D eigenvalue weighted by Gasteiger charge is -2.33. The predicted octanol–water partition coefficient (Wildman–Crippen LogP) is 6.57. The van der Waals surface area contributed by atoms with E-state index in [1.165, 1.54) is 12.8 Å². The number of fused-ring (bicyclic) bond motifs is 2. The first-order valence-corrected chi connectivity index (χ1v) is 18.3. The second kappa shape index (κ2) is 15.2. The summed E-state index contributed by atoms with van der Waals surface area (Å²) in [4.78, 5) is 19.2. The number of nitrogens with one attached hydrogen (secondary N) is 2. The molecule has 6 rings (SSSR count). The van der Waals surface area contributed by atoms with E-state index in [-0.39, 0.29) is 24.2 Å². The van der Waals surface area contributed by atoms with Crippen molar-refractivity contribution in [1.29, 1.82) is 0 Å². The van der Waals surface area contributed by atoms with Gasteiger partial charge in [0.1, 0.15) is 6.10 Å². The lowest BCUT2D eigenvalue weighted by atomic mass is 9.82. The number of ether oxygens (including phenoxy) is 3. The number of amides is 1. The van der Waals surface area contributed by atoms with E-state index in [4.69, 9.17) is 19.2 Å². The first kappa shape index (κ1) is 33.5. The Morgan fingerprint density at radius 3 is 2.67 bits per heavy atom. The molecule has 11 heteroatoms. The molecule has 0 bridgehead atoms. The topological polar surface area (TPSA) is 105 Å².